The maximum absolute atomic E-state index is 11.2. The summed E-state index contributed by atoms with van der Waals surface area (Å²) in [5.74, 6) is -0.502. The second-order valence-electron chi connectivity index (χ2n) is 4.80. The monoisotopic (exact) mass is 323 g/mol. The lowest BCUT2D eigenvalue weighted by Crippen LogP contribution is -2.04. The van der Waals surface area contributed by atoms with E-state index in [0.29, 0.717) is 10.4 Å². The molecular formula is C16H21NO4S. The third-order valence-corrected chi connectivity index (χ3v) is 4.29. The topological polar surface area (TPSA) is 57.5 Å². The van der Waals surface area contributed by atoms with Crippen molar-refractivity contribution < 1.29 is 19.1 Å². The molecule has 0 saturated carbocycles. The van der Waals surface area contributed by atoms with E-state index >= 15 is 0 Å². The summed E-state index contributed by atoms with van der Waals surface area (Å²) in [6, 6.07) is 1.90. The molecule has 2 heterocycles. The maximum Gasteiger partial charge on any atom is 0.348 e. The molecule has 0 amide bonds. The number of aromatic nitrogens is 1. The van der Waals surface area contributed by atoms with Crippen molar-refractivity contribution in [2.24, 2.45) is 7.05 Å². The van der Waals surface area contributed by atoms with E-state index in [-0.39, 0.29) is 11.9 Å². The van der Waals surface area contributed by atoms with Crippen LogP contribution in [-0.2, 0) is 16.5 Å². The molecule has 0 spiro atoms. The van der Waals surface area contributed by atoms with Gasteiger partial charge in [-0.15, -0.1) is 11.3 Å². The third-order valence-electron chi connectivity index (χ3n) is 3.29. The Morgan fingerprint density at radius 1 is 1.05 bits per heavy atom. The fraction of sp³-hybridized carbons (Fsp3) is 0.375. The van der Waals surface area contributed by atoms with Crippen molar-refractivity contribution in [3.05, 3.63) is 44.9 Å². The van der Waals surface area contributed by atoms with Gasteiger partial charge in [-0.2, -0.15) is 0 Å². The van der Waals surface area contributed by atoms with Crippen LogP contribution in [0, 0.1) is 20.8 Å². The van der Waals surface area contributed by atoms with Gasteiger partial charge in [0.05, 0.1) is 19.8 Å². The number of hydrogen-bond donors (Lipinski definition) is 0. The predicted molar refractivity (Wildman–Crippen MR) is 86.6 cm³/mol. The number of carbonyl (C=O) groups is 2. The molecule has 0 saturated heterocycles. The molecule has 6 heteroatoms. The molecular weight excluding hydrogens is 302 g/mol. The molecule has 0 aromatic carbocycles. The molecule has 2 rings (SSSR count). The van der Waals surface area contributed by atoms with Gasteiger partial charge in [-0.1, -0.05) is 0 Å². The van der Waals surface area contributed by atoms with Gasteiger partial charge in [0.2, 0.25) is 0 Å². The van der Waals surface area contributed by atoms with Crippen molar-refractivity contribution in [1.82, 2.24) is 4.57 Å². The van der Waals surface area contributed by atoms with Crippen LogP contribution in [-0.4, -0.2) is 30.7 Å². The number of esters is 2. The first-order chi connectivity index (χ1) is 10.3. The van der Waals surface area contributed by atoms with Gasteiger partial charge in [0.1, 0.15) is 4.88 Å². The molecule has 0 bridgehead atoms. The van der Waals surface area contributed by atoms with E-state index in [0.717, 1.165) is 16.8 Å². The van der Waals surface area contributed by atoms with Crippen LogP contribution >= 0.6 is 11.3 Å². The zero-order chi connectivity index (χ0) is 16.9. The van der Waals surface area contributed by atoms with E-state index in [2.05, 4.69) is 9.47 Å². The van der Waals surface area contributed by atoms with Crippen LogP contribution in [0.1, 0.15) is 36.9 Å². The van der Waals surface area contributed by atoms with Crippen molar-refractivity contribution in [2.75, 3.05) is 14.2 Å². The predicted octanol–water partition coefficient (Wildman–Crippen LogP) is 3.27. The number of ether oxygens (including phenoxy) is 2. The van der Waals surface area contributed by atoms with Crippen LogP contribution in [0.5, 0.6) is 0 Å². The SMILES string of the molecule is COC(=O)c1c(C)cn(C)c1C.COC(=O)c1sccc1C. The minimum atomic E-state index is -0.259. The number of carbonyl (C=O) groups excluding carboxylic acids is 2. The van der Waals surface area contributed by atoms with Crippen molar-refractivity contribution in [3.8, 4) is 0 Å². The van der Waals surface area contributed by atoms with Crippen molar-refractivity contribution in [1.29, 1.82) is 0 Å². The molecule has 0 atom stereocenters. The van der Waals surface area contributed by atoms with Crippen LogP contribution in [0.25, 0.3) is 0 Å². The second-order valence-corrected chi connectivity index (χ2v) is 5.72. The van der Waals surface area contributed by atoms with E-state index in [9.17, 15) is 9.59 Å². The van der Waals surface area contributed by atoms with Gasteiger partial charge in [-0.25, -0.2) is 9.59 Å². The van der Waals surface area contributed by atoms with Crippen LogP contribution in [0.4, 0.5) is 0 Å². The molecule has 0 N–H and O–H groups in total. The Bertz CT molecular complexity index is 670. The molecule has 2 aromatic rings. The summed E-state index contributed by atoms with van der Waals surface area (Å²) in [4.78, 5) is 22.8. The van der Waals surface area contributed by atoms with Gasteiger partial charge in [0.15, 0.2) is 0 Å². The normalized spacial score (nSPS) is 9.73. The summed E-state index contributed by atoms with van der Waals surface area (Å²) in [6.07, 6.45) is 1.92. The summed E-state index contributed by atoms with van der Waals surface area (Å²) in [7, 11) is 4.70. The Morgan fingerprint density at radius 2 is 1.64 bits per heavy atom. The molecule has 120 valence electrons. The molecule has 0 radical (unpaired) electrons. The van der Waals surface area contributed by atoms with E-state index < -0.39 is 0 Å². The minimum Gasteiger partial charge on any atom is -0.465 e. The van der Waals surface area contributed by atoms with Gasteiger partial charge < -0.3 is 14.0 Å². The number of nitrogens with zero attached hydrogens (tertiary/aromatic N) is 1. The summed E-state index contributed by atoms with van der Waals surface area (Å²) in [5.41, 5.74) is 3.57. The maximum atomic E-state index is 11.2. The number of aryl methyl sites for hydroxylation is 3. The Kier molecular flexibility index (Phi) is 6.37. The van der Waals surface area contributed by atoms with E-state index in [4.69, 9.17) is 0 Å². The largest absolute Gasteiger partial charge is 0.465 e. The lowest BCUT2D eigenvalue weighted by Gasteiger charge is -2.00. The second kappa shape index (κ2) is 7.79. The first kappa shape index (κ1) is 18.0. The van der Waals surface area contributed by atoms with Gasteiger partial charge >= 0.3 is 11.9 Å². The first-order valence-corrected chi connectivity index (χ1v) is 7.54. The Labute approximate surface area is 134 Å². The van der Waals surface area contributed by atoms with Crippen molar-refractivity contribution in [3.63, 3.8) is 0 Å². The highest BCUT2D eigenvalue weighted by Gasteiger charge is 2.15. The molecule has 0 aliphatic carbocycles. The van der Waals surface area contributed by atoms with Crippen LogP contribution in [0.15, 0.2) is 17.6 Å². The number of thiophene rings is 1. The lowest BCUT2D eigenvalue weighted by atomic mass is 10.2. The number of rotatable bonds is 2. The number of methoxy groups -OCH3 is 2. The fourth-order valence-electron chi connectivity index (χ4n) is 2.00. The molecule has 2 aromatic heterocycles. The first-order valence-electron chi connectivity index (χ1n) is 6.66. The summed E-state index contributed by atoms with van der Waals surface area (Å²) < 4.78 is 11.1. The summed E-state index contributed by atoms with van der Waals surface area (Å²) in [5, 5.41) is 1.88. The Balaban J connectivity index is 0.000000224. The van der Waals surface area contributed by atoms with Crippen LogP contribution < -0.4 is 0 Å². The highest BCUT2D eigenvalue weighted by atomic mass is 32.1. The summed E-state index contributed by atoms with van der Waals surface area (Å²) in [6.45, 7) is 5.70. The Hall–Kier alpha value is -2.08. The quantitative estimate of drug-likeness (QED) is 0.796. The van der Waals surface area contributed by atoms with Crippen molar-refractivity contribution >= 4 is 23.3 Å². The molecule has 0 aliphatic heterocycles. The standard InChI is InChI=1S/C9H13NO2.C7H8O2S/c1-6-5-10(3)7(2)8(6)9(11)12-4;1-5-3-4-10-6(5)7(8)9-2/h5H,1-4H3;3-4H,1-2H3. The molecule has 22 heavy (non-hydrogen) atoms. The molecule has 5 nitrogen and oxygen atoms in total. The average Bonchev–Trinajstić information content (AvgIpc) is 3.02. The lowest BCUT2D eigenvalue weighted by molar-refractivity contribution is 0.0592. The van der Waals surface area contributed by atoms with Gasteiger partial charge in [0, 0.05) is 18.9 Å². The van der Waals surface area contributed by atoms with Crippen molar-refractivity contribution in [2.45, 2.75) is 20.8 Å². The number of hydrogen-bond acceptors (Lipinski definition) is 5. The van der Waals surface area contributed by atoms with E-state index in [1.54, 1.807) is 0 Å². The summed E-state index contributed by atoms with van der Waals surface area (Å²) >= 11 is 1.41. The van der Waals surface area contributed by atoms with Gasteiger partial charge in [0.25, 0.3) is 0 Å². The third kappa shape index (κ3) is 3.98. The van der Waals surface area contributed by atoms with Gasteiger partial charge in [-0.05, 0) is 43.3 Å². The smallest absolute Gasteiger partial charge is 0.348 e. The van der Waals surface area contributed by atoms with Crippen LogP contribution in [0.2, 0.25) is 0 Å². The molecule has 0 fully saturated rings. The Morgan fingerprint density at radius 3 is 2.00 bits per heavy atom. The molecule has 0 aliphatic rings. The molecule has 0 unspecified atom stereocenters. The highest BCUT2D eigenvalue weighted by molar-refractivity contribution is 7.12. The zero-order valence-corrected chi connectivity index (χ0v) is 14.5. The van der Waals surface area contributed by atoms with E-state index in [1.807, 2.05) is 50.0 Å². The fourth-order valence-corrected chi connectivity index (χ4v) is 2.84. The van der Waals surface area contributed by atoms with Gasteiger partial charge in [-0.3, -0.25) is 0 Å². The zero-order valence-electron chi connectivity index (χ0n) is 13.7. The van der Waals surface area contributed by atoms with E-state index in [1.165, 1.54) is 25.6 Å². The average molecular weight is 323 g/mol. The minimum absolute atomic E-state index is 0.243. The van der Waals surface area contributed by atoms with Crippen LogP contribution in [0.3, 0.4) is 0 Å². The highest BCUT2D eigenvalue weighted by Crippen LogP contribution is 2.16.